The monoisotopic (exact) mass is 430 g/mol. The third-order valence-electron chi connectivity index (χ3n) is 5.63. The molecule has 152 valence electrons. The van der Waals surface area contributed by atoms with Gasteiger partial charge in [-0.2, -0.15) is 0 Å². The summed E-state index contributed by atoms with van der Waals surface area (Å²) >= 11 is 13.1. The number of nitrogens with zero attached hydrogens (tertiary/aromatic N) is 3. The molecule has 0 saturated carbocycles. The van der Waals surface area contributed by atoms with Crippen molar-refractivity contribution < 1.29 is 4.79 Å². The molecule has 1 aliphatic rings. The van der Waals surface area contributed by atoms with E-state index >= 15 is 0 Å². The molecule has 0 fully saturated rings. The number of nitrogens with one attached hydrogen (secondary N) is 1. The Balaban J connectivity index is 1.81. The van der Waals surface area contributed by atoms with E-state index in [4.69, 9.17) is 28.2 Å². The predicted molar refractivity (Wildman–Crippen MR) is 121 cm³/mol. The molecule has 0 atom stereocenters. The summed E-state index contributed by atoms with van der Waals surface area (Å²) in [6.07, 6.45) is 2.15. The number of carbonyl (C=O) groups is 1. The third-order valence-corrected chi connectivity index (χ3v) is 6.24. The first kappa shape index (κ1) is 20.0. The van der Waals surface area contributed by atoms with E-state index in [0.717, 1.165) is 48.6 Å². The zero-order chi connectivity index (χ0) is 20.7. The van der Waals surface area contributed by atoms with Crippen LogP contribution in [-0.4, -0.2) is 22.0 Å². The molecule has 1 amide bonds. The number of halogens is 2. The van der Waals surface area contributed by atoms with Crippen LogP contribution in [0.4, 0.5) is 17.3 Å². The molecule has 3 aromatic rings. The minimum absolute atomic E-state index is 0.125. The van der Waals surface area contributed by atoms with Crippen molar-refractivity contribution >= 4 is 57.5 Å². The summed E-state index contributed by atoms with van der Waals surface area (Å²) in [4.78, 5) is 18.3. The second-order valence-corrected chi connectivity index (χ2v) is 8.22. The molecule has 5 nitrogen and oxygen atoms in total. The maximum Gasteiger partial charge on any atom is 0.221 e. The number of imidazole rings is 1. The Bertz CT molecular complexity index is 1090. The highest BCUT2D eigenvalue weighted by Crippen LogP contribution is 2.42. The number of benzene rings is 2. The van der Waals surface area contributed by atoms with Gasteiger partial charge in [-0.1, -0.05) is 43.1 Å². The smallest absolute Gasteiger partial charge is 0.221 e. The number of hydrogen-bond acceptors (Lipinski definition) is 3. The molecule has 0 radical (unpaired) electrons. The maximum atomic E-state index is 11.3. The molecule has 0 unspecified atom stereocenters. The molecule has 2 heterocycles. The molecule has 7 heteroatoms. The van der Waals surface area contributed by atoms with Crippen molar-refractivity contribution in [3.63, 3.8) is 0 Å². The predicted octanol–water partition coefficient (Wildman–Crippen LogP) is 6.36. The first-order valence-corrected chi connectivity index (χ1v) is 10.7. The van der Waals surface area contributed by atoms with Gasteiger partial charge in [0, 0.05) is 25.7 Å². The van der Waals surface area contributed by atoms with Gasteiger partial charge in [-0.05, 0) is 48.6 Å². The first-order valence-electron chi connectivity index (χ1n) is 9.97. The molecule has 1 N–H and O–H groups in total. The molecule has 0 spiro atoms. The lowest BCUT2D eigenvalue weighted by Gasteiger charge is -2.18. The number of carbonyl (C=O) groups excluding carboxylic acids is 1. The van der Waals surface area contributed by atoms with Gasteiger partial charge in [-0.25, -0.2) is 4.98 Å². The van der Waals surface area contributed by atoms with Crippen LogP contribution >= 0.6 is 23.2 Å². The number of rotatable bonds is 5. The molecule has 0 bridgehead atoms. The van der Waals surface area contributed by atoms with Crippen molar-refractivity contribution in [2.75, 3.05) is 16.8 Å². The van der Waals surface area contributed by atoms with Crippen LogP contribution in [0, 0.1) is 0 Å². The molecule has 2 aromatic carbocycles. The van der Waals surface area contributed by atoms with Gasteiger partial charge in [0.25, 0.3) is 0 Å². The van der Waals surface area contributed by atoms with Crippen molar-refractivity contribution in [3.05, 3.63) is 45.9 Å². The van der Waals surface area contributed by atoms with E-state index < -0.39 is 0 Å². The fourth-order valence-corrected chi connectivity index (χ4v) is 4.71. The summed E-state index contributed by atoms with van der Waals surface area (Å²) in [6.45, 7) is 7.53. The number of anilines is 3. The minimum atomic E-state index is -0.125. The normalized spacial score (nSPS) is 13.4. The summed E-state index contributed by atoms with van der Waals surface area (Å²) < 4.78 is 2.26. The second-order valence-electron chi connectivity index (χ2n) is 7.41. The van der Waals surface area contributed by atoms with E-state index in [0.29, 0.717) is 21.7 Å². The van der Waals surface area contributed by atoms with E-state index in [1.165, 1.54) is 12.5 Å². The van der Waals surface area contributed by atoms with Crippen LogP contribution in [0.2, 0.25) is 10.0 Å². The highest BCUT2D eigenvalue weighted by Gasteiger charge is 2.29. The van der Waals surface area contributed by atoms with Crippen LogP contribution in [-0.2, 0) is 11.3 Å². The summed E-state index contributed by atoms with van der Waals surface area (Å²) in [7, 11) is 0. The molecular formula is C22H24Cl2N4O. The van der Waals surface area contributed by atoms with Gasteiger partial charge in [0.15, 0.2) is 0 Å². The van der Waals surface area contributed by atoms with Crippen molar-refractivity contribution in [2.24, 2.45) is 0 Å². The van der Waals surface area contributed by atoms with Crippen molar-refractivity contribution in [2.45, 2.75) is 46.1 Å². The Hall–Kier alpha value is -2.24. The van der Waals surface area contributed by atoms with E-state index in [-0.39, 0.29) is 5.91 Å². The topological polar surface area (TPSA) is 50.2 Å². The van der Waals surface area contributed by atoms with Crippen LogP contribution in [0.3, 0.4) is 0 Å². The molecule has 4 rings (SSSR count). The Kier molecular flexibility index (Phi) is 5.45. The average Bonchev–Trinajstić information content (AvgIpc) is 3.24. The Morgan fingerprint density at radius 2 is 1.90 bits per heavy atom. The molecule has 1 aliphatic heterocycles. The number of amides is 1. The van der Waals surface area contributed by atoms with Crippen molar-refractivity contribution in [3.8, 4) is 0 Å². The van der Waals surface area contributed by atoms with E-state index in [1.807, 2.05) is 18.2 Å². The standard InChI is InChI=1S/C22H24Cl2N4O/c1-4-14(5-2)16-7-8-17(23)20-21(16)28-11-10-27(22(28)26-20)19-9-6-15(12-18(19)24)25-13(3)29/h6-9,12,14H,4-5,10-11H2,1-3H3,(H,25,29). The van der Waals surface area contributed by atoms with Gasteiger partial charge in [0.05, 0.1) is 21.2 Å². The van der Waals surface area contributed by atoms with Gasteiger partial charge in [-0.3, -0.25) is 4.79 Å². The van der Waals surface area contributed by atoms with Crippen LogP contribution in [0.1, 0.15) is 45.1 Å². The largest absolute Gasteiger partial charge is 0.326 e. The molecule has 0 saturated heterocycles. The Labute approximate surface area is 180 Å². The first-order chi connectivity index (χ1) is 13.9. The summed E-state index contributed by atoms with van der Waals surface area (Å²) in [6, 6.07) is 9.66. The van der Waals surface area contributed by atoms with Crippen molar-refractivity contribution in [1.82, 2.24) is 9.55 Å². The van der Waals surface area contributed by atoms with Crippen molar-refractivity contribution in [1.29, 1.82) is 0 Å². The van der Waals surface area contributed by atoms with Crippen LogP contribution in [0.5, 0.6) is 0 Å². The minimum Gasteiger partial charge on any atom is -0.326 e. The van der Waals surface area contributed by atoms with Crippen LogP contribution in [0.15, 0.2) is 30.3 Å². The van der Waals surface area contributed by atoms with Gasteiger partial charge >= 0.3 is 0 Å². The Morgan fingerprint density at radius 1 is 1.14 bits per heavy atom. The maximum absolute atomic E-state index is 11.3. The quantitative estimate of drug-likeness (QED) is 0.512. The zero-order valence-electron chi connectivity index (χ0n) is 16.8. The lowest BCUT2D eigenvalue weighted by Crippen LogP contribution is -2.15. The second kappa shape index (κ2) is 7.88. The average molecular weight is 431 g/mol. The van der Waals surface area contributed by atoms with E-state index in [9.17, 15) is 4.79 Å². The lowest BCUT2D eigenvalue weighted by atomic mass is 9.93. The van der Waals surface area contributed by atoms with Gasteiger partial charge < -0.3 is 14.8 Å². The van der Waals surface area contributed by atoms with Crippen LogP contribution in [0.25, 0.3) is 11.0 Å². The number of hydrogen-bond donors (Lipinski definition) is 1. The van der Waals surface area contributed by atoms with Gasteiger partial charge in [-0.15, -0.1) is 0 Å². The number of aromatic nitrogens is 2. The van der Waals surface area contributed by atoms with E-state index in [1.54, 1.807) is 6.07 Å². The molecule has 1 aromatic heterocycles. The Morgan fingerprint density at radius 3 is 2.55 bits per heavy atom. The molecular weight excluding hydrogens is 407 g/mol. The van der Waals surface area contributed by atoms with Gasteiger partial charge in [0.1, 0.15) is 5.52 Å². The summed E-state index contributed by atoms with van der Waals surface area (Å²) in [5, 5.41) is 4.01. The summed E-state index contributed by atoms with van der Waals surface area (Å²) in [5.41, 5.74) is 4.84. The van der Waals surface area contributed by atoms with Crippen LogP contribution < -0.4 is 10.2 Å². The summed E-state index contributed by atoms with van der Waals surface area (Å²) in [5.74, 6) is 1.21. The zero-order valence-corrected chi connectivity index (χ0v) is 18.3. The highest BCUT2D eigenvalue weighted by molar-refractivity contribution is 6.35. The highest BCUT2D eigenvalue weighted by atomic mass is 35.5. The molecule has 29 heavy (non-hydrogen) atoms. The fourth-order valence-electron chi connectivity index (χ4n) is 4.23. The molecule has 0 aliphatic carbocycles. The SMILES string of the molecule is CCC(CC)c1ccc(Cl)c2nc3n(c12)CCN3c1ccc(NC(C)=O)cc1Cl. The van der Waals surface area contributed by atoms with E-state index in [2.05, 4.69) is 34.7 Å². The fraction of sp³-hybridized carbons (Fsp3) is 0.364. The third kappa shape index (κ3) is 3.47. The lowest BCUT2D eigenvalue weighted by molar-refractivity contribution is -0.114. The number of fused-ring (bicyclic) bond motifs is 3. The van der Waals surface area contributed by atoms with Gasteiger partial charge in [0.2, 0.25) is 11.9 Å².